The van der Waals surface area contributed by atoms with E-state index in [0.717, 1.165) is 5.92 Å². The van der Waals surface area contributed by atoms with Crippen molar-refractivity contribution in [1.82, 2.24) is 5.32 Å². The first kappa shape index (κ1) is 8.49. The van der Waals surface area contributed by atoms with Crippen LogP contribution in [-0.2, 0) is 0 Å². The van der Waals surface area contributed by atoms with Crippen LogP contribution in [0, 0.1) is 11.8 Å². The van der Waals surface area contributed by atoms with E-state index in [9.17, 15) is 0 Å². The first-order chi connectivity index (χ1) is 6.93. The summed E-state index contributed by atoms with van der Waals surface area (Å²) in [4.78, 5) is 0. The molecular formula is C13H17N. The van der Waals surface area contributed by atoms with Crippen molar-refractivity contribution in [3.8, 4) is 0 Å². The van der Waals surface area contributed by atoms with Crippen molar-refractivity contribution in [3.63, 3.8) is 0 Å². The van der Waals surface area contributed by atoms with E-state index < -0.39 is 0 Å². The second-order valence-electron chi connectivity index (χ2n) is 4.61. The molecule has 1 heteroatoms. The molecule has 1 nitrogen and oxygen atoms in total. The molecule has 1 fully saturated rings. The molecule has 0 saturated carbocycles. The molecule has 1 saturated heterocycles. The highest BCUT2D eigenvalue weighted by molar-refractivity contribution is 5.30. The minimum Gasteiger partial charge on any atom is -0.310 e. The highest BCUT2D eigenvalue weighted by atomic mass is 14.9. The van der Waals surface area contributed by atoms with Crippen LogP contribution in [0.25, 0.3) is 0 Å². The molecule has 2 aliphatic carbocycles. The van der Waals surface area contributed by atoms with E-state index in [2.05, 4.69) is 35.7 Å². The van der Waals surface area contributed by atoms with Gasteiger partial charge in [0.15, 0.2) is 0 Å². The van der Waals surface area contributed by atoms with Crippen LogP contribution in [0.2, 0.25) is 0 Å². The predicted molar refractivity (Wildman–Crippen MR) is 59.0 cm³/mol. The smallest absolute Gasteiger partial charge is 0.0280 e. The lowest BCUT2D eigenvalue weighted by Crippen LogP contribution is -2.23. The van der Waals surface area contributed by atoms with Gasteiger partial charge in [-0.15, -0.1) is 0 Å². The van der Waals surface area contributed by atoms with Crippen molar-refractivity contribution in [3.05, 3.63) is 36.0 Å². The van der Waals surface area contributed by atoms with Crippen molar-refractivity contribution < 1.29 is 0 Å². The molecule has 1 N–H and O–H groups in total. The van der Waals surface area contributed by atoms with Gasteiger partial charge in [0.25, 0.3) is 0 Å². The minimum absolute atomic E-state index is 0.692. The van der Waals surface area contributed by atoms with Gasteiger partial charge in [-0.05, 0) is 31.7 Å². The van der Waals surface area contributed by atoms with Crippen molar-refractivity contribution in [2.24, 2.45) is 11.8 Å². The van der Waals surface area contributed by atoms with Crippen LogP contribution in [0.5, 0.6) is 0 Å². The number of nitrogens with one attached hydrogen (secondary N) is 1. The van der Waals surface area contributed by atoms with Crippen LogP contribution in [0.15, 0.2) is 36.0 Å². The van der Waals surface area contributed by atoms with E-state index in [1.807, 2.05) is 0 Å². The van der Waals surface area contributed by atoms with Crippen LogP contribution in [0.4, 0.5) is 0 Å². The molecule has 74 valence electrons. The fourth-order valence-electron chi connectivity index (χ4n) is 2.90. The van der Waals surface area contributed by atoms with Crippen LogP contribution in [0.1, 0.15) is 19.3 Å². The molecule has 0 radical (unpaired) electrons. The second-order valence-corrected chi connectivity index (χ2v) is 4.61. The third-order valence-electron chi connectivity index (χ3n) is 3.68. The van der Waals surface area contributed by atoms with Gasteiger partial charge in [-0.25, -0.2) is 0 Å². The zero-order valence-corrected chi connectivity index (χ0v) is 8.45. The zero-order valence-electron chi connectivity index (χ0n) is 8.45. The van der Waals surface area contributed by atoms with E-state index in [1.54, 1.807) is 5.57 Å². The maximum Gasteiger partial charge on any atom is 0.0280 e. The first-order valence-electron chi connectivity index (χ1n) is 5.72. The van der Waals surface area contributed by atoms with Crippen LogP contribution in [-0.4, -0.2) is 12.6 Å². The molecule has 2 unspecified atom stereocenters. The summed E-state index contributed by atoms with van der Waals surface area (Å²) >= 11 is 0. The van der Waals surface area contributed by atoms with Crippen molar-refractivity contribution in [1.29, 1.82) is 0 Å². The summed E-state index contributed by atoms with van der Waals surface area (Å²) in [6, 6.07) is 0.697. The monoisotopic (exact) mass is 187 g/mol. The average molecular weight is 187 g/mol. The second kappa shape index (κ2) is 3.39. The highest BCUT2D eigenvalue weighted by Crippen LogP contribution is 2.37. The molecule has 0 aromatic carbocycles. The summed E-state index contributed by atoms with van der Waals surface area (Å²) in [7, 11) is 0. The van der Waals surface area contributed by atoms with E-state index >= 15 is 0 Å². The topological polar surface area (TPSA) is 12.0 Å². The Morgan fingerprint density at radius 3 is 2.93 bits per heavy atom. The molecule has 0 bridgehead atoms. The number of rotatable bonds is 1. The summed E-state index contributed by atoms with van der Waals surface area (Å²) in [6.07, 6.45) is 15.6. The predicted octanol–water partition coefficient (Wildman–Crippen LogP) is 2.43. The van der Waals surface area contributed by atoms with Gasteiger partial charge in [0.2, 0.25) is 0 Å². The maximum absolute atomic E-state index is 3.59. The van der Waals surface area contributed by atoms with Crippen molar-refractivity contribution >= 4 is 0 Å². The molecule has 0 amide bonds. The Hall–Kier alpha value is -0.820. The molecule has 3 aliphatic rings. The Kier molecular flexibility index (Phi) is 2.06. The first-order valence-corrected chi connectivity index (χ1v) is 5.72. The molecule has 3 atom stereocenters. The summed E-state index contributed by atoms with van der Waals surface area (Å²) < 4.78 is 0. The Balaban J connectivity index is 1.77. The van der Waals surface area contributed by atoms with Gasteiger partial charge in [-0.3, -0.25) is 0 Å². The van der Waals surface area contributed by atoms with E-state index in [-0.39, 0.29) is 0 Å². The minimum atomic E-state index is 0.692. The fourth-order valence-corrected chi connectivity index (χ4v) is 2.90. The van der Waals surface area contributed by atoms with E-state index in [4.69, 9.17) is 0 Å². The summed E-state index contributed by atoms with van der Waals surface area (Å²) in [5.74, 6) is 1.45. The lowest BCUT2D eigenvalue weighted by Gasteiger charge is -2.15. The number of allylic oxidation sites excluding steroid dienone is 5. The van der Waals surface area contributed by atoms with Gasteiger partial charge in [0.1, 0.15) is 0 Å². The number of fused-ring (bicyclic) bond motifs is 1. The van der Waals surface area contributed by atoms with Crippen molar-refractivity contribution in [2.45, 2.75) is 25.3 Å². The SMILES string of the molecule is C1=CC2C=C([C@@H]3CCCN3)CC2C=C1. The van der Waals surface area contributed by atoms with Crippen LogP contribution in [0.3, 0.4) is 0 Å². The normalized spacial score (nSPS) is 40.0. The third-order valence-corrected chi connectivity index (χ3v) is 3.68. The van der Waals surface area contributed by atoms with Crippen LogP contribution < -0.4 is 5.32 Å². The number of hydrogen-bond acceptors (Lipinski definition) is 1. The third kappa shape index (κ3) is 1.36. The Bertz CT molecular complexity index is 305. The molecule has 1 heterocycles. The molecule has 3 rings (SSSR count). The lowest BCUT2D eigenvalue weighted by atomic mass is 9.91. The Morgan fingerprint density at radius 2 is 2.14 bits per heavy atom. The summed E-state index contributed by atoms with van der Waals surface area (Å²) in [6.45, 7) is 1.21. The van der Waals surface area contributed by atoms with Gasteiger partial charge >= 0.3 is 0 Å². The Labute approximate surface area is 85.6 Å². The van der Waals surface area contributed by atoms with Crippen molar-refractivity contribution in [2.75, 3.05) is 6.54 Å². The standard InChI is InChI=1S/C13H17N/c1-2-5-11-9-12(8-10(11)4-1)13-6-3-7-14-13/h1-2,4-5,8,10-11,13-14H,3,6-7,9H2/t10?,11?,13-/m0/s1. The van der Waals surface area contributed by atoms with E-state index in [0.29, 0.717) is 12.0 Å². The largest absolute Gasteiger partial charge is 0.310 e. The quantitative estimate of drug-likeness (QED) is 0.622. The van der Waals surface area contributed by atoms with Gasteiger partial charge in [0, 0.05) is 12.0 Å². The molecular weight excluding hydrogens is 170 g/mol. The molecule has 0 spiro atoms. The average Bonchev–Trinajstić information content (AvgIpc) is 2.86. The van der Waals surface area contributed by atoms with Gasteiger partial charge in [-0.2, -0.15) is 0 Å². The molecule has 1 aliphatic heterocycles. The zero-order chi connectivity index (χ0) is 9.38. The Morgan fingerprint density at radius 1 is 1.21 bits per heavy atom. The highest BCUT2D eigenvalue weighted by Gasteiger charge is 2.29. The van der Waals surface area contributed by atoms with Gasteiger partial charge in [-0.1, -0.05) is 36.0 Å². The van der Waals surface area contributed by atoms with Crippen LogP contribution >= 0.6 is 0 Å². The fraction of sp³-hybridized carbons (Fsp3) is 0.538. The summed E-state index contributed by atoms with van der Waals surface area (Å²) in [5, 5.41) is 3.59. The van der Waals surface area contributed by atoms with Gasteiger partial charge in [0.05, 0.1) is 0 Å². The maximum atomic E-state index is 3.59. The molecule has 0 aromatic heterocycles. The van der Waals surface area contributed by atoms with E-state index in [1.165, 1.54) is 25.8 Å². The lowest BCUT2D eigenvalue weighted by molar-refractivity contribution is 0.570. The molecule has 0 aromatic rings. The summed E-state index contributed by atoms with van der Waals surface area (Å²) in [5.41, 5.74) is 1.66. The molecule has 14 heavy (non-hydrogen) atoms. The van der Waals surface area contributed by atoms with Gasteiger partial charge < -0.3 is 5.32 Å². The number of hydrogen-bond donors (Lipinski definition) is 1.